The maximum absolute atomic E-state index is 13.9. The first kappa shape index (κ1) is 16.4. The summed E-state index contributed by atoms with van der Waals surface area (Å²) in [5.41, 5.74) is 1.80. The van der Waals surface area contributed by atoms with E-state index in [0.29, 0.717) is 5.56 Å². The second-order valence-electron chi connectivity index (χ2n) is 5.21. The fourth-order valence-electron chi connectivity index (χ4n) is 2.44. The van der Waals surface area contributed by atoms with Crippen LogP contribution in [0, 0.1) is 36.7 Å². The summed E-state index contributed by atoms with van der Waals surface area (Å²) in [6.45, 7) is 5.18. The molecule has 1 atom stereocenters. The molecule has 2 aromatic rings. The lowest BCUT2D eigenvalue weighted by Crippen LogP contribution is -2.09. The van der Waals surface area contributed by atoms with Crippen molar-refractivity contribution in [3.05, 3.63) is 73.0 Å². The van der Waals surface area contributed by atoms with Crippen LogP contribution in [0.4, 0.5) is 10.1 Å². The van der Waals surface area contributed by atoms with E-state index in [1.54, 1.807) is 20.8 Å². The van der Waals surface area contributed by atoms with E-state index in [1.807, 2.05) is 0 Å². The third-order valence-electron chi connectivity index (χ3n) is 3.88. The Hall–Kier alpha value is -1.98. The molecule has 2 rings (SSSR count). The molecule has 1 unspecified atom stereocenters. The zero-order valence-corrected chi connectivity index (χ0v) is 13.1. The van der Waals surface area contributed by atoms with Gasteiger partial charge in [0.15, 0.2) is 0 Å². The summed E-state index contributed by atoms with van der Waals surface area (Å²) in [7, 11) is 0. The number of benzene rings is 2. The van der Waals surface area contributed by atoms with Crippen LogP contribution in [0.15, 0.2) is 24.3 Å². The molecule has 0 aliphatic carbocycles. The van der Waals surface area contributed by atoms with Gasteiger partial charge in [0.25, 0.3) is 5.69 Å². The van der Waals surface area contributed by atoms with E-state index in [0.717, 1.165) is 17.2 Å². The lowest BCUT2D eigenvalue weighted by atomic mass is 9.92. The first-order chi connectivity index (χ1) is 10.2. The van der Waals surface area contributed by atoms with Gasteiger partial charge in [0.05, 0.1) is 10.5 Å². The topological polar surface area (TPSA) is 63.4 Å². The molecule has 0 bridgehead atoms. The van der Waals surface area contributed by atoms with Gasteiger partial charge in [0, 0.05) is 16.1 Å². The summed E-state index contributed by atoms with van der Waals surface area (Å²) in [4.78, 5) is 10.8. The first-order valence-corrected chi connectivity index (χ1v) is 7.00. The van der Waals surface area contributed by atoms with Crippen molar-refractivity contribution < 1.29 is 14.4 Å². The van der Waals surface area contributed by atoms with Gasteiger partial charge in [0.1, 0.15) is 11.9 Å². The Labute approximate surface area is 132 Å². The minimum atomic E-state index is -1.46. The van der Waals surface area contributed by atoms with Crippen molar-refractivity contribution in [1.29, 1.82) is 0 Å². The molecular formula is C16H15ClFNO3. The highest BCUT2D eigenvalue weighted by Gasteiger charge is 2.27. The number of nitro benzene ring substituents is 1. The van der Waals surface area contributed by atoms with Crippen LogP contribution in [-0.4, -0.2) is 10.0 Å². The van der Waals surface area contributed by atoms with Crippen LogP contribution in [-0.2, 0) is 0 Å². The average molecular weight is 324 g/mol. The summed E-state index contributed by atoms with van der Waals surface area (Å²) in [5.74, 6) is -0.665. The second-order valence-corrected chi connectivity index (χ2v) is 5.64. The molecular weight excluding hydrogens is 309 g/mol. The number of aliphatic hydroxyl groups excluding tert-OH is 1. The summed E-state index contributed by atoms with van der Waals surface area (Å²) in [5, 5.41) is 22.1. The minimum absolute atomic E-state index is 0.0618. The number of nitrogens with zero attached hydrogens (tertiary/aromatic N) is 1. The van der Waals surface area contributed by atoms with E-state index in [-0.39, 0.29) is 21.8 Å². The third-order valence-corrected chi connectivity index (χ3v) is 4.12. The predicted molar refractivity (Wildman–Crippen MR) is 82.8 cm³/mol. The molecule has 0 fully saturated rings. The van der Waals surface area contributed by atoms with Gasteiger partial charge in [-0.05, 0) is 56.2 Å². The maximum atomic E-state index is 13.9. The van der Waals surface area contributed by atoms with Crippen LogP contribution in [0.5, 0.6) is 0 Å². The standard InChI is InChI=1S/C16H15ClFNO3/c1-8-6-13(15(19(21)22)10(3)9(8)2)16(20)12-7-11(17)4-5-14(12)18/h4-7,16,20H,1-3H3. The van der Waals surface area contributed by atoms with Gasteiger partial charge in [-0.15, -0.1) is 0 Å². The Morgan fingerprint density at radius 3 is 2.41 bits per heavy atom. The summed E-state index contributed by atoms with van der Waals surface area (Å²) >= 11 is 5.83. The quantitative estimate of drug-likeness (QED) is 0.673. The first-order valence-electron chi connectivity index (χ1n) is 6.62. The lowest BCUT2D eigenvalue weighted by Gasteiger charge is -2.16. The Kier molecular flexibility index (Phi) is 4.49. The van der Waals surface area contributed by atoms with E-state index in [4.69, 9.17) is 11.6 Å². The van der Waals surface area contributed by atoms with E-state index < -0.39 is 16.8 Å². The fourth-order valence-corrected chi connectivity index (χ4v) is 2.62. The van der Waals surface area contributed by atoms with Gasteiger partial charge in [-0.3, -0.25) is 10.1 Å². The highest BCUT2D eigenvalue weighted by atomic mass is 35.5. The molecule has 0 amide bonds. The molecule has 0 radical (unpaired) electrons. The largest absolute Gasteiger partial charge is 0.383 e. The molecule has 0 heterocycles. The second kappa shape index (κ2) is 6.02. The van der Waals surface area contributed by atoms with Crippen LogP contribution in [0.1, 0.15) is 33.9 Å². The van der Waals surface area contributed by atoms with Crippen LogP contribution in [0.2, 0.25) is 5.02 Å². The van der Waals surface area contributed by atoms with Crippen LogP contribution in [0.25, 0.3) is 0 Å². The molecule has 4 nitrogen and oxygen atoms in total. The van der Waals surface area contributed by atoms with Crippen LogP contribution in [0.3, 0.4) is 0 Å². The van der Waals surface area contributed by atoms with E-state index >= 15 is 0 Å². The molecule has 0 aromatic heterocycles. The molecule has 2 aromatic carbocycles. The number of aryl methyl sites for hydroxylation is 1. The number of hydrogen-bond acceptors (Lipinski definition) is 3. The Morgan fingerprint density at radius 2 is 1.82 bits per heavy atom. The average Bonchev–Trinajstić information content (AvgIpc) is 2.45. The minimum Gasteiger partial charge on any atom is -0.383 e. The highest BCUT2D eigenvalue weighted by Crippen LogP contribution is 2.36. The Morgan fingerprint density at radius 1 is 1.18 bits per heavy atom. The maximum Gasteiger partial charge on any atom is 0.278 e. The number of halogens is 2. The van der Waals surface area contributed by atoms with E-state index in [2.05, 4.69) is 0 Å². The smallest absolute Gasteiger partial charge is 0.278 e. The molecule has 0 saturated heterocycles. The number of hydrogen-bond donors (Lipinski definition) is 1. The molecule has 22 heavy (non-hydrogen) atoms. The van der Waals surface area contributed by atoms with Crippen molar-refractivity contribution in [2.45, 2.75) is 26.9 Å². The molecule has 0 aliphatic heterocycles. The predicted octanol–water partition coefficient (Wildman–Crippen LogP) is 4.39. The third kappa shape index (κ3) is 2.82. The lowest BCUT2D eigenvalue weighted by molar-refractivity contribution is -0.386. The monoisotopic (exact) mass is 323 g/mol. The summed E-state index contributed by atoms with van der Waals surface area (Å²) in [6.07, 6.45) is -1.46. The van der Waals surface area contributed by atoms with Gasteiger partial charge < -0.3 is 5.11 Å². The fraction of sp³-hybridized carbons (Fsp3) is 0.250. The zero-order chi connectivity index (χ0) is 16.6. The van der Waals surface area contributed by atoms with Crippen molar-refractivity contribution in [3.8, 4) is 0 Å². The number of nitro groups is 1. The molecule has 0 saturated carbocycles. The van der Waals surface area contributed by atoms with E-state index in [9.17, 15) is 19.6 Å². The van der Waals surface area contributed by atoms with E-state index in [1.165, 1.54) is 18.2 Å². The SMILES string of the molecule is Cc1cc(C(O)c2cc(Cl)ccc2F)c([N+](=O)[O-])c(C)c1C. The van der Waals surface area contributed by atoms with Gasteiger partial charge >= 0.3 is 0 Å². The Bertz CT molecular complexity index is 762. The number of aliphatic hydroxyl groups is 1. The van der Waals surface area contributed by atoms with Crippen molar-refractivity contribution in [3.63, 3.8) is 0 Å². The van der Waals surface area contributed by atoms with Crippen molar-refractivity contribution in [2.24, 2.45) is 0 Å². The van der Waals surface area contributed by atoms with Crippen molar-refractivity contribution in [2.75, 3.05) is 0 Å². The summed E-state index contributed by atoms with van der Waals surface area (Å²) in [6, 6.07) is 5.27. The Balaban J connectivity index is 2.71. The number of rotatable bonds is 3. The van der Waals surface area contributed by atoms with Crippen LogP contribution < -0.4 is 0 Å². The molecule has 1 N–H and O–H groups in total. The molecule has 0 spiro atoms. The highest BCUT2D eigenvalue weighted by molar-refractivity contribution is 6.30. The van der Waals surface area contributed by atoms with Gasteiger partial charge in [-0.2, -0.15) is 0 Å². The van der Waals surface area contributed by atoms with Crippen molar-refractivity contribution in [1.82, 2.24) is 0 Å². The van der Waals surface area contributed by atoms with Crippen LogP contribution >= 0.6 is 11.6 Å². The van der Waals surface area contributed by atoms with Gasteiger partial charge in [0.2, 0.25) is 0 Å². The zero-order valence-electron chi connectivity index (χ0n) is 12.4. The summed E-state index contributed by atoms with van der Waals surface area (Å²) < 4.78 is 13.9. The molecule has 0 aliphatic rings. The molecule has 6 heteroatoms. The van der Waals surface area contributed by atoms with Crippen molar-refractivity contribution >= 4 is 17.3 Å². The van der Waals surface area contributed by atoms with Gasteiger partial charge in [-0.1, -0.05) is 11.6 Å². The normalized spacial score (nSPS) is 12.3. The molecule has 116 valence electrons. The van der Waals surface area contributed by atoms with Gasteiger partial charge in [-0.25, -0.2) is 4.39 Å².